The number of esters is 1. The van der Waals surface area contributed by atoms with Crippen molar-refractivity contribution in [3.05, 3.63) is 22.4 Å². The van der Waals surface area contributed by atoms with Crippen molar-refractivity contribution in [1.29, 1.82) is 0 Å². The maximum absolute atomic E-state index is 12.3. The number of nitrogens with one attached hydrogen (secondary N) is 1. The summed E-state index contributed by atoms with van der Waals surface area (Å²) in [5.74, 6) is -0.750. The molecule has 136 valence electrons. The minimum atomic E-state index is -0.329. The monoisotopic (exact) mass is 364 g/mol. The van der Waals surface area contributed by atoms with Crippen molar-refractivity contribution < 1.29 is 19.1 Å². The molecule has 0 aromatic carbocycles. The predicted octanol–water partition coefficient (Wildman–Crippen LogP) is 2.20. The van der Waals surface area contributed by atoms with E-state index < -0.39 is 0 Å². The first-order valence-corrected chi connectivity index (χ1v) is 9.80. The van der Waals surface area contributed by atoms with E-state index in [1.165, 1.54) is 11.3 Å². The van der Waals surface area contributed by atoms with E-state index in [-0.39, 0.29) is 36.4 Å². The lowest BCUT2D eigenvalue weighted by Gasteiger charge is -2.30. The number of carbonyl (C=O) groups excluding carboxylic acids is 3. The number of carbonyl (C=O) groups is 3. The van der Waals surface area contributed by atoms with E-state index in [0.29, 0.717) is 25.9 Å². The minimum Gasteiger partial charge on any atom is -0.455 e. The molecular weight excluding hydrogens is 340 g/mol. The van der Waals surface area contributed by atoms with Crippen molar-refractivity contribution in [3.63, 3.8) is 0 Å². The summed E-state index contributed by atoms with van der Waals surface area (Å²) < 4.78 is 5.17. The SMILES string of the molecule is O=C(COC(=O)C1CCN(C(=O)c2cccs2)CC1)NC1CCCC1. The molecule has 0 unspecified atom stereocenters. The summed E-state index contributed by atoms with van der Waals surface area (Å²) in [4.78, 5) is 38.8. The molecule has 1 saturated carbocycles. The van der Waals surface area contributed by atoms with Crippen LogP contribution in [-0.4, -0.2) is 48.4 Å². The van der Waals surface area contributed by atoms with Crippen molar-refractivity contribution >= 4 is 29.1 Å². The van der Waals surface area contributed by atoms with E-state index in [2.05, 4.69) is 5.32 Å². The van der Waals surface area contributed by atoms with Crippen LogP contribution in [0.15, 0.2) is 17.5 Å². The Bertz CT molecular complexity index is 603. The number of hydrogen-bond donors (Lipinski definition) is 1. The van der Waals surface area contributed by atoms with Gasteiger partial charge in [0.05, 0.1) is 10.8 Å². The molecule has 3 rings (SSSR count). The van der Waals surface area contributed by atoms with Crippen LogP contribution in [0.25, 0.3) is 0 Å². The highest BCUT2D eigenvalue weighted by molar-refractivity contribution is 7.12. The molecule has 6 nitrogen and oxygen atoms in total. The summed E-state index contributed by atoms with van der Waals surface area (Å²) in [6.07, 6.45) is 5.48. The Morgan fingerprint density at radius 1 is 1.16 bits per heavy atom. The van der Waals surface area contributed by atoms with Crippen LogP contribution in [-0.2, 0) is 14.3 Å². The van der Waals surface area contributed by atoms with E-state index in [4.69, 9.17) is 4.74 Å². The zero-order chi connectivity index (χ0) is 17.6. The Balaban J connectivity index is 1.38. The number of amides is 2. The molecule has 25 heavy (non-hydrogen) atoms. The Morgan fingerprint density at radius 3 is 2.52 bits per heavy atom. The Labute approximate surface area is 151 Å². The van der Waals surface area contributed by atoms with Gasteiger partial charge in [-0.3, -0.25) is 14.4 Å². The number of rotatable bonds is 5. The molecule has 7 heteroatoms. The summed E-state index contributed by atoms with van der Waals surface area (Å²) >= 11 is 1.43. The third kappa shape index (κ3) is 4.81. The molecule has 1 N–H and O–H groups in total. The van der Waals surface area contributed by atoms with Crippen LogP contribution in [0.1, 0.15) is 48.2 Å². The molecule has 2 aliphatic rings. The molecule has 0 spiro atoms. The quantitative estimate of drug-likeness (QED) is 0.813. The Morgan fingerprint density at radius 2 is 1.88 bits per heavy atom. The molecular formula is C18H24N2O4S. The molecule has 2 heterocycles. The molecule has 1 aromatic rings. The van der Waals surface area contributed by atoms with Gasteiger partial charge in [-0.2, -0.15) is 0 Å². The van der Waals surface area contributed by atoms with Gasteiger partial charge >= 0.3 is 5.97 Å². The van der Waals surface area contributed by atoms with Crippen molar-refractivity contribution in [2.24, 2.45) is 5.92 Å². The third-order valence-corrected chi connectivity index (χ3v) is 5.77. The van der Waals surface area contributed by atoms with Gasteiger partial charge in [0.1, 0.15) is 0 Å². The first kappa shape index (κ1) is 17.9. The van der Waals surface area contributed by atoms with Crippen LogP contribution in [0.5, 0.6) is 0 Å². The fourth-order valence-electron chi connectivity index (χ4n) is 3.47. The highest BCUT2D eigenvalue weighted by Crippen LogP contribution is 2.22. The number of hydrogen-bond acceptors (Lipinski definition) is 5. The van der Waals surface area contributed by atoms with Gasteiger partial charge in [0.15, 0.2) is 6.61 Å². The molecule has 1 aliphatic carbocycles. The lowest BCUT2D eigenvalue weighted by molar-refractivity contribution is -0.154. The topological polar surface area (TPSA) is 75.7 Å². The average molecular weight is 364 g/mol. The van der Waals surface area contributed by atoms with Crippen LogP contribution in [0.4, 0.5) is 0 Å². The standard InChI is InChI=1S/C18H24N2O4S/c21-16(19-14-4-1-2-5-14)12-24-18(23)13-7-9-20(10-8-13)17(22)15-6-3-11-25-15/h3,6,11,13-14H,1-2,4-5,7-10,12H2,(H,19,21). The summed E-state index contributed by atoms with van der Waals surface area (Å²) in [6, 6.07) is 3.91. The number of ether oxygens (including phenoxy) is 1. The van der Waals surface area contributed by atoms with Crippen LogP contribution in [0.3, 0.4) is 0 Å². The number of nitrogens with zero attached hydrogens (tertiary/aromatic N) is 1. The zero-order valence-corrected chi connectivity index (χ0v) is 15.1. The van der Waals surface area contributed by atoms with E-state index in [1.54, 1.807) is 4.90 Å². The molecule has 2 amide bonds. The van der Waals surface area contributed by atoms with Crippen molar-refractivity contribution in [2.75, 3.05) is 19.7 Å². The van der Waals surface area contributed by atoms with Crippen molar-refractivity contribution in [2.45, 2.75) is 44.6 Å². The first-order valence-electron chi connectivity index (χ1n) is 8.92. The summed E-state index contributed by atoms with van der Waals surface area (Å²) in [5.41, 5.74) is 0. The van der Waals surface area contributed by atoms with Gasteiger partial charge in [-0.15, -0.1) is 11.3 Å². The van der Waals surface area contributed by atoms with Gasteiger partial charge in [0.2, 0.25) is 0 Å². The van der Waals surface area contributed by atoms with Crippen LogP contribution in [0.2, 0.25) is 0 Å². The minimum absolute atomic E-state index is 0.0257. The highest BCUT2D eigenvalue weighted by Gasteiger charge is 2.29. The summed E-state index contributed by atoms with van der Waals surface area (Å²) in [5, 5.41) is 4.79. The maximum Gasteiger partial charge on any atom is 0.309 e. The maximum atomic E-state index is 12.3. The van der Waals surface area contributed by atoms with E-state index in [1.807, 2.05) is 17.5 Å². The fourth-order valence-corrected chi connectivity index (χ4v) is 4.16. The van der Waals surface area contributed by atoms with E-state index in [0.717, 1.165) is 30.6 Å². The lowest BCUT2D eigenvalue weighted by Crippen LogP contribution is -2.41. The van der Waals surface area contributed by atoms with Gasteiger partial charge in [0.25, 0.3) is 11.8 Å². The van der Waals surface area contributed by atoms with E-state index >= 15 is 0 Å². The second kappa shape index (κ2) is 8.47. The Kier molecular flexibility index (Phi) is 6.07. The molecule has 2 fully saturated rings. The van der Waals surface area contributed by atoms with Gasteiger partial charge in [-0.05, 0) is 37.1 Å². The lowest BCUT2D eigenvalue weighted by atomic mass is 9.97. The normalized spacial score (nSPS) is 19.0. The van der Waals surface area contributed by atoms with Gasteiger partial charge < -0.3 is 15.0 Å². The zero-order valence-electron chi connectivity index (χ0n) is 14.2. The number of likely N-dealkylation sites (tertiary alicyclic amines) is 1. The third-order valence-electron chi connectivity index (χ3n) is 4.91. The molecule has 0 radical (unpaired) electrons. The van der Waals surface area contributed by atoms with Crippen molar-refractivity contribution in [1.82, 2.24) is 10.2 Å². The fraction of sp³-hybridized carbons (Fsp3) is 0.611. The van der Waals surface area contributed by atoms with Gasteiger partial charge in [0, 0.05) is 19.1 Å². The second-order valence-corrected chi connectivity index (χ2v) is 7.65. The number of piperidine rings is 1. The van der Waals surface area contributed by atoms with Crippen LogP contribution < -0.4 is 5.32 Å². The predicted molar refractivity (Wildman–Crippen MR) is 94.3 cm³/mol. The summed E-state index contributed by atoms with van der Waals surface area (Å²) in [6.45, 7) is 0.888. The largest absolute Gasteiger partial charge is 0.455 e. The van der Waals surface area contributed by atoms with Crippen LogP contribution in [0, 0.1) is 5.92 Å². The molecule has 0 atom stereocenters. The molecule has 1 aromatic heterocycles. The molecule has 0 bridgehead atoms. The highest BCUT2D eigenvalue weighted by atomic mass is 32.1. The second-order valence-electron chi connectivity index (χ2n) is 6.70. The first-order chi connectivity index (χ1) is 12.1. The van der Waals surface area contributed by atoms with Gasteiger partial charge in [-0.25, -0.2) is 0 Å². The molecule has 1 aliphatic heterocycles. The number of thiophene rings is 1. The van der Waals surface area contributed by atoms with Crippen LogP contribution >= 0.6 is 11.3 Å². The molecule has 1 saturated heterocycles. The van der Waals surface area contributed by atoms with E-state index in [9.17, 15) is 14.4 Å². The Hall–Kier alpha value is -1.89. The average Bonchev–Trinajstić information content (AvgIpc) is 3.33. The smallest absolute Gasteiger partial charge is 0.309 e. The summed E-state index contributed by atoms with van der Waals surface area (Å²) in [7, 11) is 0. The van der Waals surface area contributed by atoms with Gasteiger partial charge in [-0.1, -0.05) is 18.9 Å². The van der Waals surface area contributed by atoms with Crippen molar-refractivity contribution in [3.8, 4) is 0 Å².